The third-order valence-electron chi connectivity index (χ3n) is 2.73. The fraction of sp³-hybridized carbons (Fsp3) is 0.727. The Kier molecular flexibility index (Phi) is 4.04. The van der Waals surface area contributed by atoms with Gasteiger partial charge in [0.25, 0.3) is 0 Å². The highest BCUT2D eigenvalue weighted by Crippen LogP contribution is 2.32. The molecule has 74 valence electrons. The summed E-state index contributed by atoms with van der Waals surface area (Å²) in [4.78, 5) is 0. The fourth-order valence-electron chi connectivity index (χ4n) is 1.93. The largest absolute Gasteiger partial charge is 0.305 e. The van der Waals surface area contributed by atoms with Crippen molar-refractivity contribution in [2.24, 2.45) is 5.92 Å². The van der Waals surface area contributed by atoms with Crippen molar-refractivity contribution in [2.45, 2.75) is 33.6 Å². The molecule has 0 aromatic heterocycles. The molecule has 2 heteroatoms. The van der Waals surface area contributed by atoms with E-state index in [0.717, 1.165) is 12.1 Å². The normalized spacial score (nSPS) is 24.4. The van der Waals surface area contributed by atoms with Crippen molar-refractivity contribution in [3.63, 3.8) is 0 Å². The SMILES string of the molecule is CCC(C)=C(C(C)=N)C1CCSC1. The highest BCUT2D eigenvalue weighted by atomic mass is 32.2. The Morgan fingerprint density at radius 1 is 1.46 bits per heavy atom. The molecule has 0 amide bonds. The van der Waals surface area contributed by atoms with Crippen LogP contribution in [-0.2, 0) is 0 Å². The van der Waals surface area contributed by atoms with Crippen LogP contribution < -0.4 is 0 Å². The molecule has 0 aliphatic carbocycles. The van der Waals surface area contributed by atoms with Gasteiger partial charge in [-0.25, -0.2) is 0 Å². The van der Waals surface area contributed by atoms with Crippen LogP contribution in [0.4, 0.5) is 0 Å². The van der Waals surface area contributed by atoms with Crippen molar-refractivity contribution in [3.8, 4) is 0 Å². The van der Waals surface area contributed by atoms with Crippen LogP contribution in [0.25, 0.3) is 0 Å². The first-order valence-electron chi connectivity index (χ1n) is 4.99. The molecule has 0 radical (unpaired) electrons. The minimum atomic E-state index is 0.669. The predicted octanol–water partition coefficient (Wildman–Crippen LogP) is 3.51. The van der Waals surface area contributed by atoms with Gasteiger partial charge in [-0.15, -0.1) is 0 Å². The molecule has 0 spiro atoms. The summed E-state index contributed by atoms with van der Waals surface area (Å²) in [7, 11) is 0. The summed E-state index contributed by atoms with van der Waals surface area (Å²) < 4.78 is 0. The monoisotopic (exact) mass is 197 g/mol. The summed E-state index contributed by atoms with van der Waals surface area (Å²) in [6.07, 6.45) is 2.36. The first-order chi connectivity index (χ1) is 6.16. The number of rotatable bonds is 3. The first kappa shape index (κ1) is 10.8. The van der Waals surface area contributed by atoms with Gasteiger partial charge in [0.15, 0.2) is 0 Å². The Labute approximate surface area is 85.5 Å². The number of hydrogen-bond donors (Lipinski definition) is 1. The van der Waals surface area contributed by atoms with Gasteiger partial charge in [-0.3, -0.25) is 0 Å². The number of allylic oxidation sites excluding steroid dienone is 2. The van der Waals surface area contributed by atoms with E-state index in [1.54, 1.807) is 0 Å². The van der Waals surface area contributed by atoms with Gasteiger partial charge in [-0.2, -0.15) is 11.8 Å². The van der Waals surface area contributed by atoms with Gasteiger partial charge in [0, 0.05) is 11.5 Å². The molecule has 1 saturated heterocycles. The lowest BCUT2D eigenvalue weighted by Crippen LogP contribution is -2.11. The Balaban J connectivity index is 2.84. The second-order valence-electron chi connectivity index (χ2n) is 3.73. The van der Waals surface area contributed by atoms with Crippen molar-refractivity contribution < 1.29 is 0 Å². The maximum atomic E-state index is 7.78. The molecule has 13 heavy (non-hydrogen) atoms. The third kappa shape index (κ3) is 2.60. The minimum Gasteiger partial charge on any atom is -0.305 e. The van der Waals surface area contributed by atoms with Crippen molar-refractivity contribution in [2.75, 3.05) is 11.5 Å². The van der Waals surface area contributed by atoms with Crippen molar-refractivity contribution in [3.05, 3.63) is 11.1 Å². The summed E-state index contributed by atoms with van der Waals surface area (Å²) in [6, 6.07) is 0. The lowest BCUT2D eigenvalue weighted by Gasteiger charge is -2.16. The highest BCUT2D eigenvalue weighted by molar-refractivity contribution is 7.99. The van der Waals surface area contributed by atoms with Gasteiger partial charge >= 0.3 is 0 Å². The van der Waals surface area contributed by atoms with Crippen molar-refractivity contribution in [1.29, 1.82) is 5.41 Å². The van der Waals surface area contributed by atoms with Crippen LogP contribution in [0.1, 0.15) is 33.6 Å². The molecule has 0 bridgehead atoms. The van der Waals surface area contributed by atoms with Crippen LogP contribution in [0.5, 0.6) is 0 Å². The maximum Gasteiger partial charge on any atom is 0.0317 e. The molecular formula is C11H19NS. The zero-order valence-electron chi connectivity index (χ0n) is 8.81. The van der Waals surface area contributed by atoms with Crippen LogP contribution in [0, 0.1) is 11.3 Å². The molecule has 1 unspecified atom stereocenters. The van der Waals surface area contributed by atoms with E-state index in [9.17, 15) is 0 Å². The standard InChI is InChI=1S/C11H19NS/c1-4-8(2)11(9(3)12)10-5-6-13-7-10/h10,12H,4-7H2,1-3H3. The summed E-state index contributed by atoms with van der Waals surface area (Å²) in [5.74, 6) is 3.17. The molecule has 1 aliphatic heterocycles. The number of thioether (sulfide) groups is 1. The molecule has 0 saturated carbocycles. The van der Waals surface area contributed by atoms with Crippen molar-refractivity contribution in [1.82, 2.24) is 0 Å². The topological polar surface area (TPSA) is 23.9 Å². The van der Waals surface area contributed by atoms with E-state index in [-0.39, 0.29) is 0 Å². The molecule has 1 rings (SSSR count). The van der Waals surface area contributed by atoms with Crippen LogP contribution in [0.15, 0.2) is 11.1 Å². The molecule has 1 heterocycles. The summed E-state index contributed by atoms with van der Waals surface area (Å²) in [5, 5.41) is 7.78. The van der Waals surface area contributed by atoms with Crippen LogP contribution in [0.2, 0.25) is 0 Å². The molecular weight excluding hydrogens is 178 g/mol. The summed E-state index contributed by atoms with van der Waals surface area (Å²) in [5.41, 5.74) is 3.54. The second kappa shape index (κ2) is 4.85. The van der Waals surface area contributed by atoms with E-state index in [0.29, 0.717) is 5.92 Å². The molecule has 1 atom stereocenters. The van der Waals surface area contributed by atoms with E-state index < -0.39 is 0 Å². The lowest BCUT2D eigenvalue weighted by molar-refractivity contribution is 0.710. The van der Waals surface area contributed by atoms with E-state index in [4.69, 9.17) is 5.41 Å². The second-order valence-corrected chi connectivity index (χ2v) is 4.88. The Hall–Kier alpha value is -0.240. The Morgan fingerprint density at radius 2 is 2.15 bits per heavy atom. The van der Waals surface area contributed by atoms with Crippen LogP contribution in [0.3, 0.4) is 0 Å². The van der Waals surface area contributed by atoms with Crippen LogP contribution in [-0.4, -0.2) is 17.2 Å². The molecule has 1 aliphatic rings. The molecule has 1 N–H and O–H groups in total. The van der Waals surface area contributed by atoms with Gasteiger partial charge in [-0.1, -0.05) is 12.5 Å². The van der Waals surface area contributed by atoms with E-state index in [1.807, 2.05) is 18.7 Å². The maximum absolute atomic E-state index is 7.78. The summed E-state index contributed by atoms with van der Waals surface area (Å²) >= 11 is 2.02. The van der Waals surface area contributed by atoms with Gasteiger partial charge in [0.05, 0.1) is 0 Å². The Morgan fingerprint density at radius 3 is 2.54 bits per heavy atom. The zero-order chi connectivity index (χ0) is 9.84. The molecule has 0 aromatic carbocycles. The average molecular weight is 197 g/mol. The van der Waals surface area contributed by atoms with Gasteiger partial charge < -0.3 is 5.41 Å². The smallest absolute Gasteiger partial charge is 0.0317 e. The first-order valence-corrected chi connectivity index (χ1v) is 6.15. The third-order valence-corrected chi connectivity index (χ3v) is 3.89. The van der Waals surface area contributed by atoms with Gasteiger partial charge in [0.1, 0.15) is 0 Å². The lowest BCUT2D eigenvalue weighted by atomic mass is 9.90. The van der Waals surface area contributed by atoms with E-state index in [1.165, 1.54) is 29.1 Å². The van der Waals surface area contributed by atoms with E-state index >= 15 is 0 Å². The molecule has 1 fully saturated rings. The molecule has 1 nitrogen and oxygen atoms in total. The average Bonchev–Trinajstić information content (AvgIpc) is 2.56. The Bertz CT molecular complexity index is 224. The minimum absolute atomic E-state index is 0.669. The fourth-order valence-corrected chi connectivity index (χ4v) is 3.16. The molecule has 0 aromatic rings. The summed E-state index contributed by atoms with van der Waals surface area (Å²) in [6.45, 7) is 6.29. The highest BCUT2D eigenvalue weighted by Gasteiger charge is 2.22. The number of hydrogen-bond acceptors (Lipinski definition) is 2. The predicted molar refractivity (Wildman–Crippen MR) is 61.8 cm³/mol. The van der Waals surface area contributed by atoms with E-state index in [2.05, 4.69) is 13.8 Å². The zero-order valence-corrected chi connectivity index (χ0v) is 9.63. The number of nitrogens with one attached hydrogen (secondary N) is 1. The quantitative estimate of drug-likeness (QED) is 0.688. The van der Waals surface area contributed by atoms with Gasteiger partial charge in [0.2, 0.25) is 0 Å². The van der Waals surface area contributed by atoms with Crippen molar-refractivity contribution >= 4 is 17.5 Å². The van der Waals surface area contributed by atoms with Gasteiger partial charge in [-0.05, 0) is 43.9 Å². The van der Waals surface area contributed by atoms with Crippen LogP contribution >= 0.6 is 11.8 Å².